The van der Waals surface area contributed by atoms with Crippen molar-refractivity contribution < 1.29 is 0 Å². The number of hydrogen-bond acceptors (Lipinski definition) is 2. The van der Waals surface area contributed by atoms with E-state index in [2.05, 4.69) is 51.9 Å². The molecule has 0 radical (unpaired) electrons. The Morgan fingerprint density at radius 2 is 2.00 bits per heavy atom. The van der Waals surface area contributed by atoms with E-state index in [9.17, 15) is 0 Å². The predicted octanol–water partition coefficient (Wildman–Crippen LogP) is 2.59. The lowest BCUT2D eigenvalue weighted by molar-refractivity contribution is 0.165. The molecule has 0 spiro atoms. The molecule has 0 amide bonds. The molecule has 0 aromatic rings. The Labute approximate surface area is 82.2 Å². The van der Waals surface area contributed by atoms with Crippen LogP contribution in [0.25, 0.3) is 0 Å². The van der Waals surface area contributed by atoms with Gasteiger partial charge in [-0.1, -0.05) is 19.1 Å². The van der Waals surface area contributed by atoms with Crippen molar-refractivity contribution in [3.8, 4) is 0 Å². The Hall–Kier alpha value is 0.0500. The zero-order valence-corrected chi connectivity index (χ0v) is 9.62. The van der Waals surface area contributed by atoms with Gasteiger partial charge in [0.05, 0.1) is 0 Å². The van der Waals surface area contributed by atoms with E-state index in [1.54, 1.807) is 0 Å². The van der Waals surface area contributed by atoms with Gasteiger partial charge >= 0.3 is 0 Å². The summed E-state index contributed by atoms with van der Waals surface area (Å²) >= 11 is 4.19. The molecule has 0 aromatic carbocycles. The maximum atomic E-state index is 4.19. The van der Waals surface area contributed by atoms with Gasteiger partial charge in [-0.25, -0.2) is 0 Å². The van der Waals surface area contributed by atoms with Crippen LogP contribution in [0.5, 0.6) is 0 Å². The van der Waals surface area contributed by atoms with Crippen molar-refractivity contribution in [3.63, 3.8) is 0 Å². The van der Waals surface area contributed by atoms with Gasteiger partial charge < -0.3 is 0 Å². The summed E-state index contributed by atoms with van der Waals surface area (Å²) in [5.74, 6) is 0.782. The van der Waals surface area contributed by atoms with Crippen LogP contribution in [0.15, 0.2) is 12.2 Å². The van der Waals surface area contributed by atoms with Crippen LogP contribution in [0.2, 0.25) is 0 Å². The maximum Gasteiger partial charge on any atom is 0.0200 e. The lowest BCUT2D eigenvalue weighted by Crippen LogP contribution is -2.41. The zero-order valence-electron chi connectivity index (χ0n) is 8.72. The molecular formula is C10H21NS. The smallest absolute Gasteiger partial charge is 0.0200 e. The molecule has 0 unspecified atom stereocenters. The fraction of sp³-hybridized carbons (Fsp3) is 0.800. The van der Waals surface area contributed by atoms with Gasteiger partial charge in [-0.2, -0.15) is 12.6 Å². The van der Waals surface area contributed by atoms with Gasteiger partial charge in [0.2, 0.25) is 0 Å². The summed E-state index contributed by atoms with van der Waals surface area (Å²) in [5, 5.41) is 0. The second-order valence-corrected chi connectivity index (χ2v) is 4.25. The van der Waals surface area contributed by atoms with Crippen LogP contribution < -0.4 is 0 Å². The van der Waals surface area contributed by atoms with E-state index in [0.717, 1.165) is 18.7 Å². The highest BCUT2D eigenvalue weighted by Crippen LogP contribution is 2.17. The van der Waals surface area contributed by atoms with Crippen LogP contribution >= 0.6 is 12.6 Å². The van der Waals surface area contributed by atoms with Gasteiger partial charge in [0.15, 0.2) is 0 Å². The van der Waals surface area contributed by atoms with Crippen molar-refractivity contribution in [2.75, 3.05) is 19.3 Å². The van der Waals surface area contributed by atoms with Crippen LogP contribution in [0, 0.1) is 0 Å². The molecule has 0 aliphatic rings. The Balaban J connectivity index is 4.02. The molecular weight excluding hydrogens is 166 g/mol. The molecule has 0 atom stereocenters. The normalized spacial score (nSPS) is 12.2. The molecule has 0 bridgehead atoms. The van der Waals surface area contributed by atoms with E-state index in [1.165, 1.54) is 5.57 Å². The second kappa shape index (κ2) is 4.93. The molecule has 0 fully saturated rings. The minimum atomic E-state index is 0.270. The molecule has 0 saturated carbocycles. The minimum Gasteiger partial charge on any atom is -0.297 e. The fourth-order valence-corrected chi connectivity index (χ4v) is 0.969. The molecule has 0 aliphatic heterocycles. The van der Waals surface area contributed by atoms with Gasteiger partial charge in [0.25, 0.3) is 0 Å². The standard InChI is InChI=1S/C10H21NS/c1-6-10(3,4)11(5)7-9(2)8-12/h12H,2,6-8H2,1,3-5H3. The number of rotatable bonds is 5. The lowest BCUT2D eigenvalue weighted by Gasteiger charge is -2.35. The van der Waals surface area contributed by atoms with E-state index in [4.69, 9.17) is 0 Å². The molecule has 0 saturated heterocycles. The summed E-state index contributed by atoms with van der Waals surface area (Å²) in [6, 6.07) is 0. The van der Waals surface area contributed by atoms with Gasteiger partial charge in [-0.15, -0.1) is 0 Å². The third-order valence-electron chi connectivity index (χ3n) is 2.58. The number of hydrogen-bond donors (Lipinski definition) is 1. The monoisotopic (exact) mass is 187 g/mol. The SMILES string of the molecule is C=C(CS)CN(C)C(C)(C)CC. The van der Waals surface area contributed by atoms with E-state index < -0.39 is 0 Å². The molecule has 72 valence electrons. The van der Waals surface area contributed by atoms with Crippen molar-refractivity contribution in [1.82, 2.24) is 4.90 Å². The van der Waals surface area contributed by atoms with Gasteiger partial charge in [0.1, 0.15) is 0 Å². The first kappa shape index (κ1) is 12.0. The zero-order chi connectivity index (χ0) is 9.78. The summed E-state index contributed by atoms with van der Waals surface area (Å²) in [6.07, 6.45) is 1.16. The van der Waals surface area contributed by atoms with Crippen molar-refractivity contribution in [2.45, 2.75) is 32.7 Å². The van der Waals surface area contributed by atoms with Gasteiger partial charge in [-0.05, 0) is 27.3 Å². The number of nitrogens with zero attached hydrogens (tertiary/aromatic N) is 1. The Kier molecular flexibility index (Phi) is 4.95. The maximum absolute atomic E-state index is 4.19. The Morgan fingerprint density at radius 3 is 2.33 bits per heavy atom. The summed E-state index contributed by atoms with van der Waals surface area (Å²) < 4.78 is 0. The molecule has 12 heavy (non-hydrogen) atoms. The van der Waals surface area contributed by atoms with Crippen LogP contribution in [-0.4, -0.2) is 29.8 Å². The fourth-order valence-electron chi connectivity index (χ4n) is 0.869. The van der Waals surface area contributed by atoms with Crippen LogP contribution in [0.1, 0.15) is 27.2 Å². The quantitative estimate of drug-likeness (QED) is 0.511. The highest BCUT2D eigenvalue weighted by molar-refractivity contribution is 7.80. The van der Waals surface area contributed by atoms with Crippen molar-refractivity contribution in [2.24, 2.45) is 0 Å². The third-order valence-corrected chi connectivity index (χ3v) is 3.03. The molecule has 0 N–H and O–H groups in total. The molecule has 0 aliphatic carbocycles. The van der Waals surface area contributed by atoms with Crippen LogP contribution in [0.4, 0.5) is 0 Å². The number of likely N-dealkylation sites (N-methyl/N-ethyl adjacent to an activating group) is 1. The largest absolute Gasteiger partial charge is 0.297 e. The van der Waals surface area contributed by atoms with E-state index in [-0.39, 0.29) is 5.54 Å². The molecule has 0 rings (SSSR count). The van der Waals surface area contributed by atoms with Crippen molar-refractivity contribution >= 4 is 12.6 Å². The third kappa shape index (κ3) is 3.63. The molecule has 0 heterocycles. The molecule has 1 nitrogen and oxygen atoms in total. The number of thiol groups is 1. The van der Waals surface area contributed by atoms with E-state index in [0.29, 0.717) is 0 Å². The van der Waals surface area contributed by atoms with Gasteiger partial charge in [0, 0.05) is 17.8 Å². The highest BCUT2D eigenvalue weighted by atomic mass is 32.1. The first-order chi connectivity index (χ1) is 5.44. The molecule has 0 aromatic heterocycles. The first-order valence-electron chi connectivity index (χ1n) is 4.42. The van der Waals surface area contributed by atoms with Crippen LogP contribution in [0.3, 0.4) is 0 Å². The molecule has 2 heteroatoms. The van der Waals surface area contributed by atoms with Crippen molar-refractivity contribution in [1.29, 1.82) is 0 Å². The average Bonchev–Trinajstić information content (AvgIpc) is 2.04. The van der Waals surface area contributed by atoms with Crippen molar-refractivity contribution in [3.05, 3.63) is 12.2 Å². The Morgan fingerprint density at radius 1 is 1.50 bits per heavy atom. The summed E-state index contributed by atoms with van der Waals surface area (Å²) in [7, 11) is 2.14. The first-order valence-corrected chi connectivity index (χ1v) is 5.06. The topological polar surface area (TPSA) is 3.24 Å². The summed E-state index contributed by atoms with van der Waals surface area (Å²) in [6.45, 7) is 11.6. The van der Waals surface area contributed by atoms with E-state index >= 15 is 0 Å². The Bertz CT molecular complexity index is 152. The van der Waals surface area contributed by atoms with E-state index in [1.807, 2.05) is 0 Å². The predicted molar refractivity (Wildman–Crippen MR) is 60.0 cm³/mol. The minimum absolute atomic E-state index is 0.270. The second-order valence-electron chi connectivity index (χ2n) is 3.93. The van der Waals surface area contributed by atoms with Crippen LogP contribution in [-0.2, 0) is 0 Å². The summed E-state index contributed by atoms with van der Waals surface area (Å²) in [5.41, 5.74) is 1.45. The summed E-state index contributed by atoms with van der Waals surface area (Å²) in [4.78, 5) is 2.32. The lowest BCUT2D eigenvalue weighted by atomic mass is 9.99. The highest BCUT2D eigenvalue weighted by Gasteiger charge is 2.20. The average molecular weight is 187 g/mol. The van der Waals surface area contributed by atoms with Gasteiger partial charge in [-0.3, -0.25) is 4.90 Å².